The Morgan fingerprint density at radius 3 is 2.55 bits per heavy atom. The smallest absolute Gasteiger partial charge is 0.234 e. The molecule has 2 heterocycles. The number of aryl methyl sites for hydroxylation is 1. The van der Waals surface area contributed by atoms with Crippen LogP contribution in [0.5, 0.6) is 17.2 Å². The summed E-state index contributed by atoms with van der Waals surface area (Å²) in [5, 5.41) is 2.65. The highest BCUT2D eigenvalue weighted by atomic mass is 32.2. The Morgan fingerprint density at radius 2 is 1.84 bits per heavy atom. The molecule has 10 heteroatoms. The standard InChI is InChI=1S/C34H41N5O4S/c1-18(2)42-25-9-5-6-10-26(25)43-21-11-12-22(19(3)16-21)34(37)23-13-14-24(35)30-27(23)28(29(36)32(34)40)31(44-30)33(41)38-20-8-7-15-39(4)17-20/h5-6,9-14,16,18,20,28-29,31H,7-8,15,17,35-37H2,1-4H3,(H,38,41). The topological polar surface area (TPSA) is 146 Å². The summed E-state index contributed by atoms with van der Waals surface area (Å²) in [5.74, 6) is 0.850. The number of nitrogens with two attached hydrogens (primary N) is 3. The second kappa shape index (κ2) is 11.7. The van der Waals surface area contributed by atoms with Gasteiger partial charge in [0.25, 0.3) is 0 Å². The zero-order valence-electron chi connectivity index (χ0n) is 25.6. The number of thioether (sulfide) groups is 1. The molecule has 0 aromatic heterocycles. The molecule has 0 spiro atoms. The van der Waals surface area contributed by atoms with Crippen LogP contribution in [0.15, 0.2) is 59.5 Å². The maximum Gasteiger partial charge on any atom is 0.234 e. The molecule has 44 heavy (non-hydrogen) atoms. The van der Waals surface area contributed by atoms with Crippen molar-refractivity contribution in [1.29, 1.82) is 0 Å². The Bertz CT molecular complexity index is 1610. The van der Waals surface area contributed by atoms with Crippen molar-refractivity contribution in [2.24, 2.45) is 11.5 Å². The monoisotopic (exact) mass is 615 g/mol. The predicted molar refractivity (Wildman–Crippen MR) is 173 cm³/mol. The maximum atomic E-state index is 14.3. The number of para-hydroxylation sites is 2. The average molecular weight is 616 g/mol. The highest BCUT2D eigenvalue weighted by Crippen LogP contribution is 2.56. The van der Waals surface area contributed by atoms with Gasteiger partial charge in [0.15, 0.2) is 17.3 Å². The Labute approximate surface area is 262 Å². The van der Waals surface area contributed by atoms with E-state index < -0.39 is 22.7 Å². The van der Waals surface area contributed by atoms with E-state index in [0.717, 1.165) is 42.0 Å². The molecule has 9 nitrogen and oxygen atoms in total. The van der Waals surface area contributed by atoms with Gasteiger partial charge in [-0.05, 0) is 99.8 Å². The predicted octanol–water partition coefficient (Wildman–Crippen LogP) is 4.04. The molecule has 5 atom stereocenters. The van der Waals surface area contributed by atoms with Gasteiger partial charge >= 0.3 is 0 Å². The largest absolute Gasteiger partial charge is 0.487 e. The SMILES string of the molecule is Cc1cc(Oc2ccccc2OC(C)C)ccc1C1(N)C(=O)C(N)C2c3c1ccc(N)c3SC2C(=O)NC1CCCN(C)C1. The minimum absolute atomic E-state index is 0.00857. The van der Waals surface area contributed by atoms with Gasteiger partial charge in [0, 0.05) is 29.1 Å². The van der Waals surface area contributed by atoms with Crippen LogP contribution in [0.2, 0.25) is 0 Å². The van der Waals surface area contributed by atoms with E-state index in [9.17, 15) is 9.59 Å². The number of ether oxygens (including phenoxy) is 2. The van der Waals surface area contributed by atoms with Crippen molar-refractivity contribution < 1.29 is 19.1 Å². The van der Waals surface area contributed by atoms with Crippen molar-refractivity contribution in [3.8, 4) is 17.2 Å². The lowest BCUT2D eigenvalue weighted by Gasteiger charge is -2.42. The summed E-state index contributed by atoms with van der Waals surface area (Å²) in [6.07, 6.45) is 1.94. The number of carbonyl (C=O) groups is 2. The van der Waals surface area contributed by atoms with Gasteiger partial charge in [0.1, 0.15) is 11.3 Å². The number of hydrogen-bond acceptors (Lipinski definition) is 9. The van der Waals surface area contributed by atoms with E-state index in [0.29, 0.717) is 34.1 Å². The van der Waals surface area contributed by atoms with E-state index in [1.165, 1.54) is 11.8 Å². The minimum atomic E-state index is -1.52. The summed E-state index contributed by atoms with van der Waals surface area (Å²) < 4.78 is 12.1. The fraction of sp³-hybridized carbons (Fsp3) is 0.412. The Balaban J connectivity index is 1.34. The second-order valence-corrected chi connectivity index (χ2v) is 13.7. The first-order valence-electron chi connectivity index (χ1n) is 15.2. The van der Waals surface area contributed by atoms with Crippen molar-refractivity contribution >= 4 is 29.1 Å². The Hall–Kier alpha value is -3.57. The van der Waals surface area contributed by atoms with Gasteiger partial charge in [-0.15, -0.1) is 11.8 Å². The summed E-state index contributed by atoms with van der Waals surface area (Å²) in [6.45, 7) is 7.64. The Morgan fingerprint density at radius 1 is 1.11 bits per heavy atom. The molecule has 3 aliphatic rings. The van der Waals surface area contributed by atoms with Crippen LogP contribution >= 0.6 is 11.8 Å². The summed E-state index contributed by atoms with van der Waals surface area (Å²) in [4.78, 5) is 31.0. The third-order valence-corrected chi connectivity index (χ3v) is 10.4. The van der Waals surface area contributed by atoms with Crippen molar-refractivity contribution in [3.05, 3.63) is 76.9 Å². The average Bonchev–Trinajstić information content (AvgIpc) is 3.38. The normalized spacial score (nSPS) is 26.4. The summed E-state index contributed by atoms with van der Waals surface area (Å²) in [7, 11) is 2.06. The first-order chi connectivity index (χ1) is 21.0. The molecule has 1 saturated heterocycles. The lowest BCUT2D eigenvalue weighted by Crippen LogP contribution is -2.61. The van der Waals surface area contributed by atoms with Crippen LogP contribution in [-0.2, 0) is 15.1 Å². The molecular formula is C34H41N5O4S. The molecule has 0 bridgehead atoms. The maximum absolute atomic E-state index is 14.3. The molecule has 1 amide bonds. The van der Waals surface area contributed by atoms with Crippen LogP contribution in [0.4, 0.5) is 5.69 Å². The highest BCUT2D eigenvalue weighted by molar-refractivity contribution is 8.01. The Kier molecular flexibility index (Phi) is 8.13. The van der Waals surface area contributed by atoms with Crippen LogP contribution in [0.1, 0.15) is 54.9 Å². The number of carbonyl (C=O) groups excluding carboxylic acids is 2. The number of Topliss-reactive ketones (excluding diaryl/α,β-unsaturated/α-hetero) is 1. The number of nitrogen functional groups attached to an aromatic ring is 1. The van der Waals surface area contributed by atoms with E-state index in [4.69, 9.17) is 26.7 Å². The van der Waals surface area contributed by atoms with Crippen molar-refractivity contribution in [1.82, 2.24) is 10.2 Å². The molecular weight excluding hydrogens is 574 g/mol. The lowest BCUT2D eigenvalue weighted by atomic mass is 9.64. The number of benzene rings is 3. The van der Waals surface area contributed by atoms with Gasteiger partial charge in [-0.1, -0.05) is 24.3 Å². The number of likely N-dealkylation sites (tertiary alicyclic amines) is 1. The minimum Gasteiger partial charge on any atom is -0.487 e. The third kappa shape index (κ3) is 5.23. The molecule has 6 rings (SSSR count). The van der Waals surface area contributed by atoms with Gasteiger partial charge in [0.2, 0.25) is 5.91 Å². The molecule has 2 aliphatic heterocycles. The number of amides is 1. The van der Waals surface area contributed by atoms with Gasteiger partial charge in [-0.25, -0.2) is 0 Å². The zero-order valence-corrected chi connectivity index (χ0v) is 26.4. The summed E-state index contributed by atoms with van der Waals surface area (Å²) >= 11 is 1.39. The molecule has 1 aliphatic carbocycles. The summed E-state index contributed by atoms with van der Waals surface area (Å²) in [6, 6.07) is 15.7. The third-order valence-electron chi connectivity index (χ3n) is 8.93. The number of rotatable bonds is 7. The number of hydrogen-bond donors (Lipinski definition) is 4. The van der Waals surface area contributed by atoms with E-state index in [-0.39, 0.29) is 23.8 Å². The van der Waals surface area contributed by atoms with Crippen LogP contribution < -0.4 is 32.0 Å². The number of anilines is 1. The molecule has 1 fully saturated rings. The number of nitrogens with one attached hydrogen (secondary N) is 1. The number of piperidine rings is 1. The lowest BCUT2D eigenvalue weighted by molar-refractivity contribution is -0.126. The molecule has 0 saturated carbocycles. The molecule has 7 N–H and O–H groups in total. The van der Waals surface area contributed by atoms with E-state index in [1.54, 1.807) is 12.1 Å². The first kappa shape index (κ1) is 30.5. The van der Waals surface area contributed by atoms with Crippen LogP contribution in [0.3, 0.4) is 0 Å². The molecule has 232 valence electrons. The quantitative estimate of drug-likeness (QED) is 0.289. The van der Waals surface area contributed by atoms with Gasteiger partial charge in [0.05, 0.1) is 17.4 Å². The van der Waals surface area contributed by atoms with Gasteiger partial charge in [-0.3, -0.25) is 9.59 Å². The molecule has 3 aromatic carbocycles. The van der Waals surface area contributed by atoms with Crippen molar-refractivity contribution in [2.45, 2.75) is 73.4 Å². The molecule has 0 radical (unpaired) electrons. The van der Waals surface area contributed by atoms with Crippen LogP contribution in [0, 0.1) is 6.92 Å². The molecule has 3 aromatic rings. The zero-order chi connectivity index (χ0) is 31.3. The van der Waals surface area contributed by atoms with Crippen molar-refractivity contribution in [3.63, 3.8) is 0 Å². The number of likely N-dealkylation sites (N-methyl/N-ethyl adjacent to an activating group) is 1. The van der Waals surface area contributed by atoms with E-state index in [1.807, 2.05) is 63.2 Å². The van der Waals surface area contributed by atoms with Gasteiger partial charge < -0.3 is 36.9 Å². The number of ketones is 1. The van der Waals surface area contributed by atoms with Crippen molar-refractivity contribution in [2.75, 3.05) is 25.9 Å². The van der Waals surface area contributed by atoms with E-state index in [2.05, 4.69) is 17.3 Å². The molecule has 5 unspecified atom stereocenters. The fourth-order valence-corrected chi connectivity index (χ4v) is 8.38. The highest BCUT2D eigenvalue weighted by Gasteiger charge is 2.57. The summed E-state index contributed by atoms with van der Waals surface area (Å²) in [5.41, 5.74) is 22.3. The van der Waals surface area contributed by atoms with E-state index >= 15 is 0 Å². The van der Waals surface area contributed by atoms with Crippen LogP contribution in [0.25, 0.3) is 0 Å². The van der Waals surface area contributed by atoms with Gasteiger partial charge in [-0.2, -0.15) is 0 Å². The van der Waals surface area contributed by atoms with Crippen LogP contribution in [-0.4, -0.2) is 60.2 Å². The fourth-order valence-electron chi connectivity index (χ4n) is 6.92. The number of nitrogens with zero attached hydrogens (tertiary/aromatic N) is 1. The second-order valence-electron chi connectivity index (χ2n) is 12.5. The first-order valence-corrected chi connectivity index (χ1v) is 16.1.